The minimum absolute atomic E-state index is 0.00333. The molecule has 71 heavy (non-hydrogen) atoms. The highest BCUT2D eigenvalue weighted by atomic mass is 32.2. The van der Waals surface area contributed by atoms with Gasteiger partial charge in [0.1, 0.15) is 19.0 Å². The number of ether oxygens (including phenoxy) is 5. The Morgan fingerprint density at radius 1 is 0.704 bits per heavy atom. The summed E-state index contributed by atoms with van der Waals surface area (Å²) in [7, 11) is -1.49. The predicted octanol–water partition coefficient (Wildman–Crippen LogP) is 9.40. The Hall–Kier alpha value is -5.87. The van der Waals surface area contributed by atoms with Crippen molar-refractivity contribution in [2.24, 2.45) is 5.92 Å². The number of methoxy groups -OCH3 is 1. The maximum absolute atomic E-state index is 14.3. The van der Waals surface area contributed by atoms with Crippen molar-refractivity contribution >= 4 is 52.1 Å². The molecule has 3 atom stereocenters. The van der Waals surface area contributed by atoms with Gasteiger partial charge in [-0.2, -0.15) is 12.6 Å². The number of carbonyl (C=O) groups is 2. The van der Waals surface area contributed by atoms with Crippen molar-refractivity contribution < 1.29 is 45.9 Å². The van der Waals surface area contributed by atoms with E-state index in [-0.39, 0.29) is 41.2 Å². The van der Waals surface area contributed by atoms with Crippen LogP contribution in [-0.2, 0) is 59.0 Å². The van der Waals surface area contributed by atoms with Crippen LogP contribution >= 0.6 is 12.6 Å². The van der Waals surface area contributed by atoms with Crippen molar-refractivity contribution in [2.75, 3.05) is 61.3 Å². The van der Waals surface area contributed by atoms with Crippen LogP contribution in [0, 0.1) is 12.8 Å². The van der Waals surface area contributed by atoms with Crippen molar-refractivity contribution in [1.29, 1.82) is 0 Å². The molecular weight excluding hydrogens is 939 g/mol. The van der Waals surface area contributed by atoms with Crippen molar-refractivity contribution in [3.63, 3.8) is 0 Å². The second kappa shape index (κ2) is 22.7. The molecule has 1 unspecified atom stereocenters. The minimum Gasteiger partial charge on any atom is -0.493 e. The lowest BCUT2D eigenvalue weighted by atomic mass is 9.91. The summed E-state index contributed by atoms with van der Waals surface area (Å²) in [4.78, 5) is 34.8. The van der Waals surface area contributed by atoms with E-state index in [0.717, 1.165) is 101 Å². The van der Waals surface area contributed by atoms with E-state index in [2.05, 4.69) is 93.3 Å². The van der Waals surface area contributed by atoms with Gasteiger partial charge < -0.3 is 38.4 Å². The van der Waals surface area contributed by atoms with Gasteiger partial charge in [-0.15, -0.1) is 12.6 Å². The van der Waals surface area contributed by atoms with E-state index in [1.807, 2.05) is 47.1 Å². The first-order valence-electron chi connectivity index (χ1n) is 24.6. The highest BCUT2D eigenvalue weighted by molar-refractivity contribution is 7.81. The lowest BCUT2D eigenvalue weighted by Gasteiger charge is -2.32. The summed E-state index contributed by atoms with van der Waals surface area (Å²) in [6.07, 6.45) is 5.15. The van der Waals surface area contributed by atoms with Crippen molar-refractivity contribution in [3.05, 3.63) is 141 Å². The SMILES string of the molecule is CCCOCCOCCN(CC(C)(C)S)c1cc(COc2cc3c(cc2C)C(=O)N2c4ccccc4C[C@H]2CC3)cc(COc2cc3c(cc2OC)C(=O)N2c4ccccc4C[C@H]2C(C)C3)c1.O=S(=O)=O. The quantitative estimate of drug-likeness (QED) is 0.0663. The van der Waals surface area contributed by atoms with Crippen LogP contribution in [0.2, 0.25) is 0 Å². The summed E-state index contributed by atoms with van der Waals surface area (Å²) in [5.74, 6) is 2.20. The van der Waals surface area contributed by atoms with Crippen LogP contribution in [0.1, 0.15) is 100 Å². The monoisotopic (exact) mass is 1000 g/mol. The van der Waals surface area contributed by atoms with Gasteiger partial charge in [-0.05, 0) is 159 Å². The molecular formula is C56H65N3O10S2. The first-order chi connectivity index (χ1) is 34.1. The van der Waals surface area contributed by atoms with Crippen molar-refractivity contribution in [1.82, 2.24) is 0 Å². The molecule has 4 heterocycles. The number of fused-ring (bicyclic) bond motifs is 8. The number of hydrogen-bond acceptors (Lipinski definition) is 12. The Balaban J connectivity index is 0.00000163. The van der Waals surface area contributed by atoms with E-state index in [0.29, 0.717) is 56.6 Å². The molecule has 13 nitrogen and oxygen atoms in total. The van der Waals surface area contributed by atoms with Crippen LogP contribution in [0.3, 0.4) is 0 Å². The van der Waals surface area contributed by atoms with Gasteiger partial charge >= 0.3 is 10.6 Å². The lowest BCUT2D eigenvalue weighted by Crippen LogP contribution is -2.40. The number of aryl methyl sites for hydroxylation is 2. The number of nitrogens with zero attached hydrogens (tertiary/aromatic N) is 3. The third kappa shape index (κ3) is 12.1. The van der Waals surface area contributed by atoms with Crippen LogP contribution in [0.15, 0.2) is 91.0 Å². The average molecular weight is 1000 g/mol. The number of hydrogen-bond donors (Lipinski definition) is 1. The van der Waals surface area contributed by atoms with Crippen LogP contribution in [0.4, 0.5) is 17.1 Å². The molecule has 0 saturated heterocycles. The molecule has 9 rings (SSSR count). The third-order valence-electron chi connectivity index (χ3n) is 13.7. The second-order valence-electron chi connectivity index (χ2n) is 19.6. The molecule has 0 fully saturated rings. The molecule has 0 radical (unpaired) electrons. The first-order valence-corrected chi connectivity index (χ1v) is 26.0. The summed E-state index contributed by atoms with van der Waals surface area (Å²) in [5.41, 5.74) is 11.7. The fourth-order valence-electron chi connectivity index (χ4n) is 10.5. The van der Waals surface area contributed by atoms with Gasteiger partial charge in [-0.25, -0.2) is 0 Å². The Morgan fingerprint density at radius 2 is 1.30 bits per heavy atom. The highest BCUT2D eigenvalue weighted by Gasteiger charge is 2.41. The van der Waals surface area contributed by atoms with E-state index < -0.39 is 10.6 Å². The molecule has 0 aliphatic carbocycles. The smallest absolute Gasteiger partial charge is 0.425 e. The molecule has 0 spiro atoms. The van der Waals surface area contributed by atoms with E-state index >= 15 is 0 Å². The number of carbonyl (C=O) groups excluding carboxylic acids is 2. The number of anilines is 3. The largest absolute Gasteiger partial charge is 0.493 e. The van der Waals surface area contributed by atoms with E-state index in [9.17, 15) is 9.59 Å². The Morgan fingerprint density at radius 3 is 1.96 bits per heavy atom. The molecule has 0 N–H and O–H groups in total. The number of para-hydroxylation sites is 2. The zero-order valence-corrected chi connectivity index (χ0v) is 43.3. The highest BCUT2D eigenvalue weighted by Crippen LogP contribution is 2.43. The first kappa shape index (κ1) is 51.5. The van der Waals surface area contributed by atoms with Crippen molar-refractivity contribution in [2.45, 2.75) is 103 Å². The molecule has 0 bridgehead atoms. The minimum atomic E-state index is -3.11. The van der Waals surface area contributed by atoms with E-state index in [1.54, 1.807) is 7.11 Å². The fraction of sp³-hybridized carbons (Fsp3) is 0.429. The third-order valence-corrected chi connectivity index (χ3v) is 13.9. The molecule has 376 valence electrons. The topological polar surface area (TPSA) is 141 Å². The second-order valence-corrected chi connectivity index (χ2v) is 21.3. The molecule has 0 aromatic heterocycles. The molecule has 2 amide bonds. The van der Waals surface area contributed by atoms with Crippen LogP contribution in [0.25, 0.3) is 0 Å². The zero-order chi connectivity index (χ0) is 50.4. The summed E-state index contributed by atoms with van der Waals surface area (Å²) in [6.45, 7) is 14.8. The number of thiol groups is 1. The molecule has 4 aliphatic heterocycles. The summed E-state index contributed by atoms with van der Waals surface area (Å²) >= 11 is 4.97. The van der Waals surface area contributed by atoms with Gasteiger partial charge in [0, 0.05) is 64.7 Å². The zero-order valence-electron chi connectivity index (χ0n) is 41.6. The van der Waals surface area contributed by atoms with Gasteiger partial charge in [0.25, 0.3) is 11.8 Å². The number of rotatable bonds is 18. The molecule has 4 aliphatic rings. The summed E-state index contributed by atoms with van der Waals surface area (Å²) in [6, 6.07) is 31.2. The van der Waals surface area contributed by atoms with Crippen molar-refractivity contribution in [3.8, 4) is 17.2 Å². The van der Waals surface area contributed by atoms with Crippen LogP contribution < -0.4 is 28.9 Å². The van der Waals surface area contributed by atoms with E-state index in [4.69, 9.17) is 48.9 Å². The lowest BCUT2D eigenvalue weighted by molar-refractivity contribution is 0.0505. The normalized spacial score (nSPS) is 17.6. The molecule has 0 saturated carbocycles. The maximum Gasteiger partial charge on any atom is 0.425 e. The Labute approximate surface area is 424 Å². The van der Waals surface area contributed by atoms with Crippen LogP contribution in [0.5, 0.6) is 17.2 Å². The Bertz CT molecular complexity index is 2860. The van der Waals surface area contributed by atoms with Crippen LogP contribution in [-0.4, -0.2) is 87.9 Å². The maximum atomic E-state index is 14.3. The predicted molar refractivity (Wildman–Crippen MR) is 279 cm³/mol. The summed E-state index contributed by atoms with van der Waals surface area (Å²) < 4.78 is 56.1. The summed E-state index contributed by atoms with van der Waals surface area (Å²) in [5, 5.41) is 0. The standard InChI is InChI=1S/C56H65N3O7S.O3S/c1-7-19-63-21-22-64-20-18-57(35-56(4,5)67)45-26-38(33-65-51-30-40-16-17-44-28-41-12-8-10-14-48(41)58(44)54(60)46(40)24-37(51)3)25-39(27-45)34-66-53-31-43-23-36(2)50-29-42-13-9-11-15-49(42)59(50)55(61)47(43)32-52(53)62-6;1-4(2)3/h8-15,24-27,30-32,36,44,50,67H,7,16-23,28-29,33-35H2,1-6H3;/t36?,44-,50+;/m1./s1. The van der Waals surface area contributed by atoms with Gasteiger partial charge in [-0.3, -0.25) is 9.59 Å². The number of benzene rings is 5. The Kier molecular flexibility index (Phi) is 16.5. The van der Waals surface area contributed by atoms with Gasteiger partial charge in [0.2, 0.25) is 0 Å². The molecule has 5 aromatic rings. The fourth-order valence-corrected chi connectivity index (χ4v) is 10.7. The molecule has 15 heteroatoms. The van der Waals surface area contributed by atoms with E-state index in [1.165, 1.54) is 11.1 Å². The average Bonchev–Trinajstić information content (AvgIpc) is 3.86. The van der Waals surface area contributed by atoms with Gasteiger partial charge in [0.15, 0.2) is 11.5 Å². The van der Waals surface area contributed by atoms with Gasteiger partial charge in [0.05, 0.1) is 26.9 Å². The van der Waals surface area contributed by atoms with Gasteiger partial charge in [-0.1, -0.05) is 50.2 Å². The number of amides is 2. The molecule has 5 aromatic carbocycles.